The molecule has 6 nitrogen and oxygen atoms in total. The van der Waals surface area contributed by atoms with Crippen LogP contribution in [0.2, 0.25) is 0 Å². The normalized spacial score (nSPS) is 16.2. The van der Waals surface area contributed by atoms with Gasteiger partial charge < -0.3 is 4.42 Å². The SMILES string of the molecule is O=S(=O)(c1c(F)cccc1F)N1CCN(Cc2ncc(-c3ccccc3)o2)CC1. The predicted molar refractivity (Wildman–Crippen MR) is 102 cm³/mol. The minimum Gasteiger partial charge on any atom is -0.439 e. The standard InChI is InChI=1S/C20H19F2N3O3S/c21-16-7-4-8-17(22)20(16)29(26,27)25-11-9-24(10-12-25)14-19-23-13-18(28-19)15-5-2-1-3-6-15/h1-8,13H,9-12,14H2. The Morgan fingerprint density at radius 3 is 2.24 bits per heavy atom. The molecule has 1 aliphatic heterocycles. The fraction of sp³-hybridized carbons (Fsp3) is 0.250. The Hall–Kier alpha value is -2.62. The van der Waals surface area contributed by atoms with Crippen molar-refractivity contribution in [2.45, 2.75) is 11.4 Å². The van der Waals surface area contributed by atoms with Crippen molar-refractivity contribution in [3.8, 4) is 11.3 Å². The predicted octanol–water partition coefficient (Wildman–Crippen LogP) is 3.13. The molecule has 0 radical (unpaired) electrons. The van der Waals surface area contributed by atoms with Crippen LogP contribution in [0.25, 0.3) is 11.3 Å². The number of halogens is 2. The van der Waals surface area contributed by atoms with E-state index in [-0.39, 0.29) is 13.1 Å². The smallest absolute Gasteiger partial charge is 0.249 e. The third-order valence-corrected chi connectivity index (χ3v) is 6.77. The number of rotatable bonds is 5. The molecule has 9 heteroatoms. The van der Waals surface area contributed by atoms with Crippen LogP contribution >= 0.6 is 0 Å². The molecule has 4 rings (SSSR count). The largest absolute Gasteiger partial charge is 0.439 e. The van der Waals surface area contributed by atoms with Gasteiger partial charge in [-0.3, -0.25) is 4.90 Å². The Kier molecular flexibility index (Phi) is 5.44. The first-order valence-electron chi connectivity index (χ1n) is 9.12. The molecule has 152 valence electrons. The van der Waals surface area contributed by atoms with Crippen molar-refractivity contribution >= 4 is 10.0 Å². The summed E-state index contributed by atoms with van der Waals surface area (Å²) in [6.07, 6.45) is 1.66. The third-order valence-electron chi connectivity index (χ3n) is 4.82. The van der Waals surface area contributed by atoms with Crippen molar-refractivity contribution in [3.63, 3.8) is 0 Å². The van der Waals surface area contributed by atoms with E-state index in [2.05, 4.69) is 4.98 Å². The maximum absolute atomic E-state index is 13.9. The average molecular weight is 419 g/mol. The molecular weight excluding hydrogens is 400 g/mol. The second-order valence-electron chi connectivity index (χ2n) is 6.72. The van der Waals surface area contributed by atoms with Crippen molar-refractivity contribution < 1.29 is 21.6 Å². The number of hydrogen-bond donors (Lipinski definition) is 0. The molecule has 3 aromatic rings. The molecule has 29 heavy (non-hydrogen) atoms. The quantitative estimate of drug-likeness (QED) is 0.636. The van der Waals surface area contributed by atoms with Crippen molar-refractivity contribution in [2.24, 2.45) is 0 Å². The molecule has 0 unspecified atom stereocenters. The molecule has 0 amide bonds. The highest BCUT2D eigenvalue weighted by Gasteiger charge is 2.33. The lowest BCUT2D eigenvalue weighted by molar-refractivity contribution is 0.168. The number of benzene rings is 2. The molecular formula is C20H19F2N3O3S. The molecule has 1 saturated heterocycles. The Morgan fingerprint density at radius 1 is 0.931 bits per heavy atom. The van der Waals surface area contributed by atoms with Gasteiger partial charge in [-0.25, -0.2) is 22.2 Å². The van der Waals surface area contributed by atoms with Gasteiger partial charge in [-0.05, 0) is 12.1 Å². The summed E-state index contributed by atoms with van der Waals surface area (Å²) in [6, 6.07) is 12.6. The Morgan fingerprint density at radius 2 is 1.59 bits per heavy atom. The highest BCUT2D eigenvalue weighted by atomic mass is 32.2. The highest BCUT2D eigenvalue weighted by molar-refractivity contribution is 7.89. The van der Waals surface area contributed by atoms with Gasteiger partial charge in [-0.2, -0.15) is 4.31 Å². The number of hydrogen-bond acceptors (Lipinski definition) is 5. The molecule has 0 atom stereocenters. The molecule has 0 spiro atoms. The van der Waals surface area contributed by atoms with Gasteiger partial charge in [0.2, 0.25) is 15.9 Å². The fourth-order valence-corrected chi connectivity index (χ4v) is 4.83. The van der Waals surface area contributed by atoms with E-state index in [1.165, 1.54) is 0 Å². The van der Waals surface area contributed by atoms with Gasteiger partial charge in [0.1, 0.15) is 11.6 Å². The van der Waals surface area contributed by atoms with Crippen LogP contribution < -0.4 is 0 Å². The first-order chi connectivity index (χ1) is 13.9. The lowest BCUT2D eigenvalue weighted by Gasteiger charge is -2.33. The van der Waals surface area contributed by atoms with Crippen LogP contribution in [0.15, 0.2) is 64.0 Å². The van der Waals surface area contributed by atoms with Gasteiger partial charge in [0.05, 0.1) is 12.7 Å². The molecule has 2 heterocycles. The minimum atomic E-state index is -4.23. The van der Waals surface area contributed by atoms with Gasteiger partial charge in [-0.1, -0.05) is 36.4 Å². The Balaban J connectivity index is 1.41. The molecule has 1 aliphatic rings. The Labute approximate surface area is 167 Å². The summed E-state index contributed by atoms with van der Waals surface area (Å²) in [7, 11) is -4.23. The third kappa shape index (κ3) is 4.07. The summed E-state index contributed by atoms with van der Waals surface area (Å²) in [4.78, 5) is 5.38. The van der Waals surface area contributed by atoms with Crippen molar-refractivity contribution in [2.75, 3.05) is 26.2 Å². The van der Waals surface area contributed by atoms with Crippen molar-refractivity contribution in [3.05, 3.63) is 72.3 Å². The minimum absolute atomic E-state index is 0.127. The van der Waals surface area contributed by atoms with Crippen LogP contribution in [0, 0.1) is 11.6 Å². The number of nitrogens with zero attached hydrogens (tertiary/aromatic N) is 3. The van der Waals surface area contributed by atoms with E-state index in [0.717, 1.165) is 28.1 Å². The van der Waals surface area contributed by atoms with Gasteiger partial charge in [0.15, 0.2) is 10.7 Å². The summed E-state index contributed by atoms with van der Waals surface area (Å²) in [6.45, 7) is 1.48. The summed E-state index contributed by atoms with van der Waals surface area (Å²) >= 11 is 0. The summed E-state index contributed by atoms with van der Waals surface area (Å²) in [5, 5.41) is 0. The topological polar surface area (TPSA) is 66.7 Å². The Bertz CT molecular complexity index is 1070. The van der Waals surface area contributed by atoms with E-state index < -0.39 is 26.6 Å². The van der Waals surface area contributed by atoms with Crippen LogP contribution in [0.4, 0.5) is 8.78 Å². The van der Waals surface area contributed by atoms with Gasteiger partial charge >= 0.3 is 0 Å². The fourth-order valence-electron chi connectivity index (χ4n) is 3.30. The van der Waals surface area contributed by atoms with Crippen LogP contribution in [-0.4, -0.2) is 48.8 Å². The molecule has 1 aromatic heterocycles. The van der Waals surface area contributed by atoms with E-state index in [4.69, 9.17) is 4.42 Å². The van der Waals surface area contributed by atoms with E-state index in [1.54, 1.807) is 6.20 Å². The number of piperazine rings is 1. The van der Waals surface area contributed by atoms with Crippen molar-refractivity contribution in [1.82, 2.24) is 14.2 Å². The number of aromatic nitrogens is 1. The zero-order valence-corrected chi connectivity index (χ0v) is 16.3. The second-order valence-corrected chi connectivity index (χ2v) is 8.59. The van der Waals surface area contributed by atoms with Gasteiger partial charge in [0.25, 0.3) is 0 Å². The maximum Gasteiger partial charge on any atom is 0.249 e. The monoisotopic (exact) mass is 419 g/mol. The van der Waals surface area contributed by atoms with Crippen LogP contribution in [0.1, 0.15) is 5.89 Å². The molecule has 0 N–H and O–H groups in total. The zero-order chi connectivity index (χ0) is 20.4. The van der Waals surface area contributed by atoms with E-state index in [9.17, 15) is 17.2 Å². The highest BCUT2D eigenvalue weighted by Crippen LogP contribution is 2.24. The van der Waals surface area contributed by atoms with E-state index in [1.807, 2.05) is 35.2 Å². The summed E-state index contributed by atoms with van der Waals surface area (Å²) in [5.74, 6) is -0.974. The molecule has 0 aliphatic carbocycles. The first kappa shape index (κ1) is 19.7. The lowest BCUT2D eigenvalue weighted by Crippen LogP contribution is -2.48. The first-order valence-corrected chi connectivity index (χ1v) is 10.6. The number of oxazole rings is 1. The summed E-state index contributed by atoms with van der Waals surface area (Å²) < 4.78 is 60.1. The van der Waals surface area contributed by atoms with Crippen molar-refractivity contribution in [1.29, 1.82) is 0 Å². The zero-order valence-electron chi connectivity index (χ0n) is 15.5. The van der Waals surface area contributed by atoms with Gasteiger partial charge in [0, 0.05) is 31.7 Å². The second kappa shape index (κ2) is 8.02. The molecule has 0 bridgehead atoms. The van der Waals surface area contributed by atoms with Gasteiger partial charge in [-0.15, -0.1) is 0 Å². The van der Waals surface area contributed by atoms with E-state index >= 15 is 0 Å². The van der Waals surface area contributed by atoms with Crippen LogP contribution in [0.3, 0.4) is 0 Å². The maximum atomic E-state index is 13.9. The lowest BCUT2D eigenvalue weighted by atomic mass is 10.2. The van der Waals surface area contributed by atoms with Crippen LogP contribution in [-0.2, 0) is 16.6 Å². The molecule has 2 aromatic carbocycles. The average Bonchev–Trinajstić information content (AvgIpc) is 3.17. The summed E-state index contributed by atoms with van der Waals surface area (Å²) in [5.41, 5.74) is 0.925. The molecule has 0 saturated carbocycles. The van der Waals surface area contributed by atoms with E-state index in [0.29, 0.717) is 31.3 Å². The number of sulfonamides is 1. The molecule has 1 fully saturated rings. The van der Waals surface area contributed by atoms with Crippen LogP contribution in [0.5, 0.6) is 0 Å².